The van der Waals surface area contributed by atoms with Crippen molar-refractivity contribution in [3.05, 3.63) is 64.4 Å². The molecule has 1 atom stereocenters. The van der Waals surface area contributed by atoms with Crippen molar-refractivity contribution in [1.29, 1.82) is 0 Å². The monoisotopic (exact) mass is 279 g/mol. The third kappa shape index (κ3) is 3.25. The fourth-order valence-electron chi connectivity index (χ4n) is 1.86. The summed E-state index contributed by atoms with van der Waals surface area (Å²) in [6, 6.07) is 11.9. The van der Waals surface area contributed by atoms with Crippen LogP contribution < -0.4 is 5.32 Å². The quantitative estimate of drug-likeness (QED) is 0.889. The van der Waals surface area contributed by atoms with Gasteiger partial charge in [0.2, 0.25) is 0 Å². The van der Waals surface area contributed by atoms with Gasteiger partial charge >= 0.3 is 0 Å². The average Bonchev–Trinajstić information content (AvgIpc) is 2.40. The normalized spacial score (nSPS) is 12.2. The first kappa shape index (κ1) is 13.8. The van der Waals surface area contributed by atoms with E-state index in [9.17, 15) is 9.50 Å². The molecule has 0 aromatic heterocycles. The summed E-state index contributed by atoms with van der Waals surface area (Å²) in [5, 5.41) is 13.6. The molecule has 2 N–H and O–H groups in total. The van der Waals surface area contributed by atoms with Crippen LogP contribution >= 0.6 is 11.6 Å². The van der Waals surface area contributed by atoms with Crippen LogP contribution in [0.5, 0.6) is 0 Å². The summed E-state index contributed by atoms with van der Waals surface area (Å²) >= 11 is 6.01. The fraction of sp³-hybridized carbons (Fsp3) is 0.200. The Bertz CT molecular complexity index is 574. The third-order valence-corrected chi connectivity index (χ3v) is 3.36. The molecule has 2 aromatic carbocycles. The van der Waals surface area contributed by atoms with Gasteiger partial charge in [0, 0.05) is 28.4 Å². The zero-order chi connectivity index (χ0) is 13.8. The highest BCUT2D eigenvalue weighted by molar-refractivity contribution is 6.31. The summed E-state index contributed by atoms with van der Waals surface area (Å²) < 4.78 is 13.4. The van der Waals surface area contributed by atoms with Crippen LogP contribution in [0.15, 0.2) is 42.5 Å². The minimum absolute atomic E-state index is 0.266. The van der Waals surface area contributed by atoms with Gasteiger partial charge in [-0.05, 0) is 25.1 Å². The second-order valence-electron chi connectivity index (χ2n) is 4.33. The lowest BCUT2D eigenvalue weighted by Crippen LogP contribution is -2.13. The number of aliphatic hydroxyl groups excluding tert-OH is 1. The Kier molecular flexibility index (Phi) is 4.40. The number of hydrogen-bond donors (Lipinski definition) is 2. The van der Waals surface area contributed by atoms with Crippen molar-refractivity contribution in [3.63, 3.8) is 0 Å². The van der Waals surface area contributed by atoms with Gasteiger partial charge in [0.05, 0.1) is 6.10 Å². The summed E-state index contributed by atoms with van der Waals surface area (Å²) in [6.07, 6.45) is -0.739. The van der Waals surface area contributed by atoms with Gasteiger partial charge in [-0.1, -0.05) is 35.9 Å². The molecule has 4 heteroatoms. The molecule has 2 nitrogen and oxygen atoms in total. The molecule has 0 radical (unpaired) electrons. The van der Waals surface area contributed by atoms with E-state index in [1.807, 2.05) is 12.1 Å². The maximum atomic E-state index is 13.4. The molecule has 0 aliphatic carbocycles. The van der Waals surface area contributed by atoms with Gasteiger partial charge in [-0.3, -0.25) is 0 Å². The first-order valence-corrected chi connectivity index (χ1v) is 6.39. The highest BCUT2D eigenvalue weighted by atomic mass is 35.5. The molecule has 0 fully saturated rings. The molecule has 0 spiro atoms. The van der Waals surface area contributed by atoms with Crippen LogP contribution in [-0.2, 0) is 0 Å². The van der Waals surface area contributed by atoms with Crippen LogP contribution in [0.3, 0.4) is 0 Å². The van der Waals surface area contributed by atoms with Gasteiger partial charge in [-0.15, -0.1) is 0 Å². The van der Waals surface area contributed by atoms with E-state index in [0.717, 1.165) is 0 Å². The number of halogens is 2. The van der Waals surface area contributed by atoms with Gasteiger partial charge < -0.3 is 10.4 Å². The highest BCUT2D eigenvalue weighted by Crippen LogP contribution is 2.24. The van der Waals surface area contributed by atoms with Crippen molar-refractivity contribution in [3.8, 4) is 0 Å². The SMILES string of the molecule is Cc1c(F)cccc1NCC(O)c1ccccc1Cl. The third-order valence-electron chi connectivity index (χ3n) is 3.02. The zero-order valence-electron chi connectivity index (χ0n) is 10.5. The Morgan fingerprint density at radius 3 is 2.68 bits per heavy atom. The van der Waals surface area contributed by atoms with Crippen LogP contribution in [0.2, 0.25) is 5.02 Å². The van der Waals surface area contributed by atoms with Gasteiger partial charge in [-0.2, -0.15) is 0 Å². The molecule has 2 aromatic rings. The van der Waals surface area contributed by atoms with Crippen molar-refractivity contribution in [1.82, 2.24) is 0 Å². The summed E-state index contributed by atoms with van der Waals surface area (Å²) in [7, 11) is 0. The molecule has 0 aliphatic heterocycles. The first-order chi connectivity index (χ1) is 9.09. The van der Waals surface area contributed by atoms with Gasteiger partial charge in [-0.25, -0.2) is 4.39 Å². The Morgan fingerprint density at radius 1 is 1.21 bits per heavy atom. The molecule has 0 saturated carbocycles. The Labute approximate surface area is 116 Å². The number of anilines is 1. The molecule has 0 amide bonds. The molecule has 0 saturated heterocycles. The minimum Gasteiger partial charge on any atom is -0.387 e. The Hall–Kier alpha value is -1.58. The van der Waals surface area contributed by atoms with Crippen LogP contribution in [0, 0.1) is 12.7 Å². The van der Waals surface area contributed by atoms with E-state index in [1.54, 1.807) is 31.2 Å². The lowest BCUT2D eigenvalue weighted by Gasteiger charge is -2.15. The van der Waals surface area contributed by atoms with E-state index >= 15 is 0 Å². The molecule has 2 rings (SSSR count). The van der Waals surface area contributed by atoms with E-state index < -0.39 is 6.10 Å². The molecular formula is C15H15ClFNO. The van der Waals surface area contributed by atoms with E-state index in [2.05, 4.69) is 5.32 Å². The minimum atomic E-state index is -0.739. The lowest BCUT2D eigenvalue weighted by atomic mass is 10.1. The van der Waals surface area contributed by atoms with E-state index in [-0.39, 0.29) is 12.4 Å². The number of nitrogens with one attached hydrogen (secondary N) is 1. The van der Waals surface area contributed by atoms with Crippen LogP contribution in [-0.4, -0.2) is 11.7 Å². The van der Waals surface area contributed by atoms with Crippen molar-refractivity contribution in [2.75, 3.05) is 11.9 Å². The number of rotatable bonds is 4. The van der Waals surface area contributed by atoms with Crippen molar-refractivity contribution in [2.45, 2.75) is 13.0 Å². The van der Waals surface area contributed by atoms with E-state index in [1.165, 1.54) is 6.07 Å². The Balaban J connectivity index is 2.07. The standard InChI is InChI=1S/C15H15ClFNO/c1-10-13(17)7-4-8-14(10)18-9-15(19)11-5-2-3-6-12(11)16/h2-8,15,18-19H,9H2,1H3. The lowest BCUT2D eigenvalue weighted by molar-refractivity contribution is 0.191. The van der Waals surface area contributed by atoms with Crippen LogP contribution in [0.4, 0.5) is 10.1 Å². The zero-order valence-corrected chi connectivity index (χ0v) is 11.3. The maximum Gasteiger partial charge on any atom is 0.128 e. The van der Waals surface area contributed by atoms with E-state index in [0.29, 0.717) is 21.8 Å². The highest BCUT2D eigenvalue weighted by Gasteiger charge is 2.11. The molecule has 100 valence electrons. The van der Waals surface area contributed by atoms with Gasteiger partial charge in [0.1, 0.15) is 5.82 Å². The summed E-state index contributed by atoms with van der Waals surface area (Å²) in [4.78, 5) is 0. The number of aliphatic hydroxyl groups is 1. The first-order valence-electron chi connectivity index (χ1n) is 6.01. The molecule has 0 heterocycles. The van der Waals surface area contributed by atoms with Gasteiger partial charge in [0.25, 0.3) is 0 Å². The van der Waals surface area contributed by atoms with Gasteiger partial charge in [0.15, 0.2) is 0 Å². The molecule has 0 bridgehead atoms. The average molecular weight is 280 g/mol. The molecule has 1 unspecified atom stereocenters. The van der Waals surface area contributed by atoms with Crippen LogP contribution in [0.1, 0.15) is 17.2 Å². The largest absolute Gasteiger partial charge is 0.387 e. The number of hydrogen-bond acceptors (Lipinski definition) is 2. The summed E-state index contributed by atoms with van der Waals surface area (Å²) in [5.41, 5.74) is 1.87. The molecule has 19 heavy (non-hydrogen) atoms. The fourth-order valence-corrected chi connectivity index (χ4v) is 2.12. The second-order valence-corrected chi connectivity index (χ2v) is 4.74. The predicted molar refractivity (Wildman–Crippen MR) is 76.0 cm³/mol. The van der Waals surface area contributed by atoms with E-state index in [4.69, 9.17) is 11.6 Å². The predicted octanol–water partition coefficient (Wildman–Crippen LogP) is 3.93. The van der Waals surface area contributed by atoms with Crippen molar-refractivity contribution >= 4 is 17.3 Å². The molecular weight excluding hydrogens is 265 g/mol. The van der Waals surface area contributed by atoms with Crippen molar-refractivity contribution in [2.24, 2.45) is 0 Å². The second kappa shape index (κ2) is 6.04. The number of benzene rings is 2. The topological polar surface area (TPSA) is 32.3 Å². The molecule has 0 aliphatic rings. The summed E-state index contributed by atoms with van der Waals surface area (Å²) in [5.74, 6) is -0.266. The van der Waals surface area contributed by atoms with Crippen LogP contribution in [0.25, 0.3) is 0 Å². The van der Waals surface area contributed by atoms with Crippen molar-refractivity contribution < 1.29 is 9.50 Å². The summed E-state index contributed by atoms with van der Waals surface area (Å²) in [6.45, 7) is 1.97. The maximum absolute atomic E-state index is 13.4. The Morgan fingerprint density at radius 2 is 1.95 bits per heavy atom. The smallest absolute Gasteiger partial charge is 0.128 e.